The number of unbranched alkanes of at least 4 members (excludes halogenated alkanes) is 9. The molecular weight excluding hydrogens is 581 g/mol. The van der Waals surface area contributed by atoms with Crippen molar-refractivity contribution < 1.29 is 14.3 Å². The number of anilines is 1. The van der Waals surface area contributed by atoms with Crippen LogP contribution in [0.2, 0.25) is 0 Å². The molecule has 0 bridgehead atoms. The molecule has 3 heterocycles. The Kier molecular flexibility index (Phi) is 10.4. The SMILES string of the molecule is CCCCCCCCCCCCn1c(CN2CCN(c3cc4c(cc3F)c(=O)c(C(=O)O)cn4C3CC3)CC2)nc2ccccc21. The van der Waals surface area contributed by atoms with E-state index in [1.165, 1.54) is 75.6 Å². The molecule has 0 atom stereocenters. The normalized spacial score (nSPS) is 15.7. The van der Waals surface area contributed by atoms with Gasteiger partial charge in [0.2, 0.25) is 5.43 Å². The number of aromatic carboxylic acids is 1. The maximum Gasteiger partial charge on any atom is 0.341 e. The molecule has 6 rings (SSSR count). The lowest BCUT2D eigenvalue weighted by molar-refractivity contribution is 0.0695. The van der Waals surface area contributed by atoms with Crippen molar-refractivity contribution >= 4 is 33.6 Å². The van der Waals surface area contributed by atoms with E-state index in [0.29, 0.717) is 24.3 Å². The van der Waals surface area contributed by atoms with Crippen LogP contribution < -0.4 is 10.3 Å². The molecule has 4 aromatic rings. The number of hydrogen-bond acceptors (Lipinski definition) is 5. The minimum atomic E-state index is -1.28. The third-order valence-electron chi connectivity index (χ3n) is 9.82. The number of hydrogen-bond donors (Lipinski definition) is 1. The van der Waals surface area contributed by atoms with Crippen LogP contribution in [0, 0.1) is 5.82 Å². The predicted molar refractivity (Wildman–Crippen MR) is 182 cm³/mol. The van der Waals surface area contributed by atoms with Crippen molar-refractivity contribution in [1.29, 1.82) is 0 Å². The largest absolute Gasteiger partial charge is 0.477 e. The molecule has 0 amide bonds. The maximum atomic E-state index is 15.5. The number of rotatable bonds is 16. The van der Waals surface area contributed by atoms with Crippen LogP contribution in [-0.4, -0.2) is 56.3 Å². The molecule has 0 radical (unpaired) electrons. The van der Waals surface area contributed by atoms with Crippen LogP contribution in [0.3, 0.4) is 0 Å². The van der Waals surface area contributed by atoms with Crippen molar-refractivity contribution in [1.82, 2.24) is 19.0 Å². The van der Waals surface area contributed by atoms with Gasteiger partial charge in [0.25, 0.3) is 0 Å². The molecule has 246 valence electrons. The highest BCUT2D eigenvalue weighted by molar-refractivity contribution is 5.93. The van der Waals surface area contributed by atoms with Gasteiger partial charge in [-0.05, 0) is 43.5 Å². The fraction of sp³-hybridized carbons (Fsp3) is 0.541. The van der Waals surface area contributed by atoms with E-state index < -0.39 is 17.2 Å². The lowest BCUT2D eigenvalue weighted by Gasteiger charge is -2.36. The lowest BCUT2D eigenvalue weighted by Crippen LogP contribution is -2.46. The van der Waals surface area contributed by atoms with Crippen LogP contribution in [0.1, 0.15) is 106 Å². The minimum absolute atomic E-state index is 0.132. The zero-order valence-electron chi connectivity index (χ0n) is 27.2. The van der Waals surface area contributed by atoms with Gasteiger partial charge >= 0.3 is 5.97 Å². The molecule has 1 aliphatic heterocycles. The summed E-state index contributed by atoms with van der Waals surface area (Å²) in [6, 6.07) is 11.5. The van der Waals surface area contributed by atoms with Crippen molar-refractivity contribution in [3.8, 4) is 0 Å². The third kappa shape index (κ3) is 7.30. The first-order valence-corrected chi connectivity index (χ1v) is 17.5. The number of benzene rings is 2. The smallest absolute Gasteiger partial charge is 0.341 e. The van der Waals surface area contributed by atoms with E-state index in [9.17, 15) is 14.7 Å². The van der Waals surface area contributed by atoms with Gasteiger partial charge in [-0.2, -0.15) is 0 Å². The summed E-state index contributed by atoms with van der Waals surface area (Å²) in [5.74, 6) is -0.676. The summed E-state index contributed by atoms with van der Waals surface area (Å²) >= 11 is 0. The number of carbonyl (C=O) groups is 1. The van der Waals surface area contributed by atoms with Crippen molar-refractivity contribution in [2.24, 2.45) is 0 Å². The molecule has 1 saturated heterocycles. The first-order valence-electron chi connectivity index (χ1n) is 17.5. The van der Waals surface area contributed by atoms with E-state index in [0.717, 1.165) is 56.8 Å². The number of carboxylic acid groups (broad SMARTS) is 1. The summed E-state index contributed by atoms with van der Waals surface area (Å²) in [7, 11) is 0. The second-order valence-electron chi connectivity index (χ2n) is 13.2. The second-order valence-corrected chi connectivity index (χ2v) is 13.2. The highest BCUT2D eigenvalue weighted by atomic mass is 19.1. The van der Waals surface area contributed by atoms with Crippen LogP contribution in [-0.2, 0) is 13.1 Å². The van der Waals surface area contributed by atoms with Gasteiger partial charge in [-0.25, -0.2) is 14.2 Å². The zero-order chi connectivity index (χ0) is 32.0. The van der Waals surface area contributed by atoms with Crippen LogP contribution in [0.25, 0.3) is 21.9 Å². The van der Waals surface area contributed by atoms with Crippen molar-refractivity contribution in [2.45, 2.75) is 103 Å². The number of aromatic nitrogens is 3. The van der Waals surface area contributed by atoms with Crippen LogP contribution in [0.4, 0.5) is 10.1 Å². The van der Waals surface area contributed by atoms with Gasteiger partial charge in [0.1, 0.15) is 17.2 Å². The summed E-state index contributed by atoms with van der Waals surface area (Å²) in [6.45, 7) is 6.84. The number of pyridine rings is 1. The predicted octanol–water partition coefficient (Wildman–Crippen LogP) is 7.77. The summed E-state index contributed by atoms with van der Waals surface area (Å²) in [6.07, 6.45) is 16.4. The van der Waals surface area contributed by atoms with Gasteiger partial charge in [-0.15, -0.1) is 0 Å². The summed E-state index contributed by atoms with van der Waals surface area (Å²) < 4.78 is 19.8. The average Bonchev–Trinajstić information content (AvgIpc) is 3.84. The number of imidazole rings is 1. The molecule has 1 N–H and O–H groups in total. The molecule has 0 spiro atoms. The highest BCUT2D eigenvalue weighted by Crippen LogP contribution is 2.38. The quantitative estimate of drug-likeness (QED) is 0.128. The summed E-state index contributed by atoms with van der Waals surface area (Å²) in [4.78, 5) is 34.1. The molecule has 2 aromatic carbocycles. The van der Waals surface area contributed by atoms with Gasteiger partial charge in [0, 0.05) is 50.3 Å². The molecular formula is C37H48FN5O3. The average molecular weight is 630 g/mol. The van der Waals surface area contributed by atoms with E-state index in [1.807, 2.05) is 15.5 Å². The molecule has 2 fully saturated rings. The topological polar surface area (TPSA) is 83.6 Å². The van der Waals surface area contributed by atoms with Crippen LogP contribution in [0.5, 0.6) is 0 Å². The Hall–Kier alpha value is -3.72. The monoisotopic (exact) mass is 629 g/mol. The second kappa shape index (κ2) is 14.8. The van der Waals surface area contributed by atoms with Gasteiger partial charge in [-0.3, -0.25) is 9.69 Å². The molecule has 8 nitrogen and oxygen atoms in total. The molecule has 2 aliphatic rings. The van der Waals surface area contributed by atoms with E-state index in [-0.39, 0.29) is 17.0 Å². The first-order chi connectivity index (χ1) is 22.4. The standard InChI is InChI=1S/C37H48FN5O3/c1-2-3-4-5-6-7-8-9-10-13-18-42-32-15-12-11-14-31(32)39-35(42)26-40-19-21-41(22-20-40)34-24-33-28(23-30(34)38)36(44)29(37(45)46)25-43(33)27-16-17-27/h11-12,14-15,23-25,27H,2-10,13,16-22,26H2,1H3,(H,45,46). The number of carboxylic acids is 1. The van der Waals surface area contributed by atoms with Gasteiger partial charge in [-0.1, -0.05) is 76.8 Å². The van der Waals surface area contributed by atoms with Crippen molar-refractivity contribution in [3.63, 3.8) is 0 Å². The Balaban J connectivity index is 1.08. The fourth-order valence-corrected chi connectivity index (χ4v) is 7.01. The number of para-hydroxylation sites is 2. The fourth-order valence-electron chi connectivity index (χ4n) is 7.01. The number of nitrogens with zero attached hydrogens (tertiary/aromatic N) is 5. The van der Waals surface area contributed by atoms with Crippen molar-refractivity contribution in [3.05, 3.63) is 70.0 Å². The van der Waals surface area contributed by atoms with E-state index in [4.69, 9.17) is 4.98 Å². The summed E-state index contributed by atoms with van der Waals surface area (Å²) in [5.41, 5.74) is 2.37. The molecule has 1 aliphatic carbocycles. The molecule has 46 heavy (non-hydrogen) atoms. The van der Waals surface area contributed by atoms with Gasteiger partial charge in [0.05, 0.1) is 28.8 Å². The first kappa shape index (κ1) is 32.2. The van der Waals surface area contributed by atoms with E-state index in [2.05, 4.69) is 34.6 Å². The maximum absolute atomic E-state index is 15.5. The Morgan fingerprint density at radius 1 is 0.913 bits per heavy atom. The Morgan fingerprint density at radius 2 is 1.59 bits per heavy atom. The van der Waals surface area contributed by atoms with Gasteiger partial charge < -0.3 is 19.1 Å². The van der Waals surface area contributed by atoms with Gasteiger partial charge in [0.15, 0.2) is 0 Å². The zero-order valence-corrected chi connectivity index (χ0v) is 27.2. The van der Waals surface area contributed by atoms with E-state index >= 15 is 4.39 Å². The Bertz CT molecular complexity index is 1720. The third-order valence-corrected chi connectivity index (χ3v) is 9.82. The Morgan fingerprint density at radius 3 is 2.26 bits per heavy atom. The van der Waals surface area contributed by atoms with E-state index in [1.54, 1.807) is 6.07 Å². The van der Waals surface area contributed by atoms with Crippen LogP contribution in [0.15, 0.2) is 47.4 Å². The number of aryl methyl sites for hydroxylation is 1. The lowest BCUT2D eigenvalue weighted by atomic mass is 10.1. The number of piperazine rings is 1. The number of fused-ring (bicyclic) bond motifs is 2. The highest BCUT2D eigenvalue weighted by Gasteiger charge is 2.29. The molecule has 2 aromatic heterocycles. The summed E-state index contributed by atoms with van der Waals surface area (Å²) in [5, 5.41) is 9.69. The number of halogens is 1. The molecule has 0 unspecified atom stereocenters. The Labute approximate surface area is 270 Å². The minimum Gasteiger partial charge on any atom is -0.477 e. The van der Waals surface area contributed by atoms with Crippen molar-refractivity contribution in [2.75, 3.05) is 31.1 Å². The molecule has 1 saturated carbocycles. The molecule has 9 heteroatoms. The van der Waals surface area contributed by atoms with Crippen LogP contribution >= 0.6 is 0 Å².